The monoisotopic (exact) mass is 248 g/mol. The maximum atomic E-state index is 12.3. The van der Waals surface area contributed by atoms with Gasteiger partial charge in [0.2, 0.25) is 0 Å². The van der Waals surface area contributed by atoms with Gasteiger partial charge in [-0.25, -0.2) is 14.0 Å². The van der Waals surface area contributed by atoms with Crippen LogP contribution in [0.15, 0.2) is 0 Å². The summed E-state index contributed by atoms with van der Waals surface area (Å²) in [6.45, 7) is 4.96. The third-order valence-electron chi connectivity index (χ3n) is 3.19. The summed E-state index contributed by atoms with van der Waals surface area (Å²) in [6.07, 6.45) is 3.63. The van der Waals surface area contributed by atoms with Gasteiger partial charge in [-0.1, -0.05) is 13.3 Å². The van der Waals surface area contributed by atoms with Gasteiger partial charge in [-0.15, -0.1) is 0 Å². The van der Waals surface area contributed by atoms with Gasteiger partial charge in [0.15, 0.2) is 0 Å². The Kier molecular flexibility index (Phi) is 4.89. The van der Waals surface area contributed by atoms with Crippen molar-refractivity contribution in [3.8, 4) is 0 Å². The molecule has 0 aliphatic carbocycles. The van der Waals surface area contributed by atoms with Crippen LogP contribution in [-0.4, -0.2) is 37.5 Å². The zero-order valence-electron chi connectivity index (χ0n) is 9.86. The van der Waals surface area contributed by atoms with Crippen LogP contribution >= 0.6 is 0 Å². The van der Waals surface area contributed by atoms with Crippen LogP contribution < -0.4 is 5.48 Å². The zero-order valence-corrected chi connectivity index (χ0v) is 10.7. The van der Waals surface area contributed by atoms with Crippen molar-refractivity contribution in [2.24, 2.45) is 0 Å². The van der Waals surface area contributed by atoms with Crippen LogP contribution in [0, 0.1) is 0 Å². The third-order valence-corrected chi connectivity index (χ3v) is 5.27. The standard InChI is InChI=1S/C10H20N2O3S/c1-3-10(2,9(13)11-14)16(15)12-7-5-4-6-8-12/h14H,3-8H2,1-2H3,(H,11,13). The second-order valence-electron chi connectivity index (χ2n) is 4.26. The minimum Gasteiger partial charge on any atom is -0.289 e. The van der Waals surface area contributed by atoms with Crippen molar-refractivity contribution in [3.05, 3.63) is 0 Å². The lowest BCUT2D eigenvalue weighted by molar-refractivity contribution is -0.131. The minimum atomic E-state index is -1.38. The molecule has 1 aliphatic heterocycles. The largest absolute Gasteiger partial charge is 0.289 e. The molecule has 0 radical (unpaired) electrons. The Labute approximate surface area is 98.7 Å². The lowest BCUT2D eigenvalue weighted by Crippen LogP contribution is -2.52. The second kappa shape index (κ2) is 5.75. The summed E-state index contributed by atoms with van der Waals surface area (Å²) < 4.78 is 13.1. The van der Waals surface area contributed by atoms with Crippen LogP contribution in [0.25, 0.3) is 0 Å². The summed E-state index contributed by atoms with van der Waals surface area (Å²) >= 11 is 0. The van der Waals surface area contributed by atoms with Crippen molar-refractivity contribution in [3.63, 3.8) is 0 Å². The minimum absolute atomic E-state index is 0.433. The number of amides is 1. The second-order valence-corrected chi connectivity index (χ2v) is 6.18. The Morgan fingerprint density at radius 1 is 1.44 bits per heavy atom. The van der Waals surface area contributed by atoms with Gasteiger partial charge in [-0.05, 0) is 26.2 Å². The summed E-state index contributed by atoms with van der Waals surface area (Å²) in [5.74, 6) is -0.570. The molecule has 2 unspecified atom stereocenters. The highest BCUT2D eigenvalue weighted by molar-refractivity contribution is 7.85. The first-order chi connectivity index (χ1) is 7.56. The molecule has 16 heavy (non-hydrogen) atoms. The van der Waals surface area contributed by atoms with E-state index in [1.807, 2.05) is 4.31 Å². The first kappa shape index (κ1) is 13.6. The number of piperidine rings is 1. The molecule has 0 spiro atoms. The van der Waals surface area contributed by atoms with Gasteiger partial charge in [0.25, 0.3) is 5.91 Å². The van der Waals surface area contributed by atoms with Crippen LogP contribution in [0.4, 0.5) is 0 Å². The SMILES string of the molecule is CCC(C)(C(=O)NO)S(=O)N1CCCCC1. The van der Waals surface area contributed by atoms with Crippen LogP contribution in [0.1, 0.15) is 39.5 Å². The third kappa shape index (κ3) is 2.61. The zero-order chi connectivity index (χ0) is 12.2. The van der Waals surface area contributed by atoms with Gasteiger partial charge in [0, 0.05) is 13.1 Å². The van der Waals surface area contributed by atoms with Gasteiger partial charge >= 0.3 is 0 Å². The molecular weight excluding hydrogens is 228 g/mol. The highest BCUT2D eigenvalue weighted by Gasteiger charge is 2.41. The van der Waals surface area contributed by atoms with Crippen LogP contribution in [-0.2, 0) is 15.8 Å². The number of carbonyl (C=O) groups excluding carboxylic acids is 1. The van der Waals surface area contributed by atoms with E-state index < -0.39 is 21.6 Å². The van der Waals surface area contributed by atoms with E-state index in [2.05, 4.69) is 0 Å². The summed E-state index contributed by atoms with van der Waals surface area (Å²) in [4.78, 5) is 11.6. The lowest BCUT2D eigenvalue weighted by Gasteiger charge is -2.33. The molecule has 0 aromatic rings. The van der Waals surface area contributed by atoms with Gasteiger partial charge in [0.05, 0.1) is 0 Å². The van der Waals surface area contributed by atoms with Crippen LogP contribution in [0.2, 0.25) is 0 Å². The van der Waals surface area contributed by atoms with Gasteiger partial charge in [-0.2, -0.15) is 0 Å². The Morgan fingerprint density at radius 2 is 2.00 bits per heavy atom. The molecule has 1 saturated heterocycles. The molecule has 6 heteroatoms. The molecule has 1 heterocycles. The number of nitrogens with one attached hydrogen (secondary N) is 1. The Hall–Kier alpha value is -0.460. The van der Waals surface area contributed by atoms with E-state index >= 15 is 0 Å². The van der Waals surface area contributed by atoms with Gasteiger partial charge in [0.1, 0.15) is 15.7 Å². The molecule has 2 N–H and O–H groups in total. The highest BCUT2D eigenvalue weighted by atomic mass is 32.2. The topological polar surface area (TPSA) is 69.6 Å². The smallest absolute Gasteiger partial charge is 0.263 e. The Balaban J connectivity index is 2.78. The fourth-order valence-electron chi connectivity index (χ4n) is 1.80. The van der Waals surface area contributed by atoms with Crippen molar-refractivity contribution in [1.82, 2.24) is 9.79 Å². The van der Waals surface area contributed by atoms with Crippen LogP contribution in [0.5, 0.6) is 0 Å². The number of hydrogen-bond donors (Lipinski definition) is 2. The van der Waals surface area contributed by atoms with E-state index in [4.69, 9.17) is 5.21 Å². The van der Waals surface area contributed by atoms with Crippen molar-refractivity contribution >= 4 is 16.9 Å². The lowest BCUT2D eigenvalue weighted by atomic mass is 10.1. The predicted octanol–water partition coefficient (Wildman–Crippen LogP) is 0.810. The molecule has 1 aliphatic rings. The van der Waals surface area contributed by atoms with Crippen molar-refractivity contribution in [2.75, 3.05) is 13.1 Å². The highest BCUT2D eigenvalue weighted by Crippen LogP contribution is 2.24. The molecule has 0 aromatic heterocycles. The van der Waals surface area contributed by atoms with E-state index in [0.29, 0.717) is 6.42 Å². The number of carbonyl (C=O) groups is 1. The maximum absolute atomic E-state index is 12.3. The fourth-order valence-corrected chi connectivity index (χ4v) is 3.41. The molecule has 2 atom stereocenters. The quantitative estimate of drug-likeness (QED) is 0.571. The number of hydroxylamine groups is 1. The van der Waals surface area contributed by atoms with E-state index in [-0.39, 0.29) is 0 Å². The maximum Gasteiger partial charge on any atom is 0.263 e. The predicted molar refractivity (Wildman–Crippen MR) is 62.2 cm³/mol. The van der Waals surface area contributed by atoms with E-state index in [1.165, 1.54) is 0 Å². The Bertz CT molecular complexity index is 279. The number of rotatable bonds is 4. The first-order valence-corrected chi connectivity index (χ1v) is 6.78. The van der Waals surface area contributed by atoms with Gasteiger partial charge in [-0.3, -0.25) is 10.0 Å². The van der Waals surface area contributed by atoms with E-state index in [0.717, 1.165) is 32.4 Å². The molecule has 0 aromatic carbocycles. The van der Waals surface area contributed by atoms with E-state index in [1.54, 1.807) is 19.3 Å². The molecule has 1 amide bonds. The molecule has 5 nitrogen and oxygen atoms in total. The first-order valence-electron chi connectivity index (χ1n) is 5.67. The van der Waals surface area contributed by atoms with Crippen molar-refractivity contribution < 1.29 is 14.2 Å². The molecule has 94 valence electrons. The molecule has 1 fully saturated rings. The molecule has 0 saturated carbocycles. The molecule has 1 rings (SSSR count). The van der Waals surface area contributed by atoms with E-state index in [9.17, 15) is 9.00 Å². The summed E-state index contributed by atoms with van der Waals surface area (Å²) in [7, 11) is -1.38. The molecular formula is C10H20N2O3S. The normalized spacial score (nSPS) is 23.4. The number of hydrogen-bond acceptors (Lipinski definition) is 3. The average Bonchev–Trinajstić information content (AvgIpc) is 2.36. The summed E-state index contributed by atoms with van der Waals surface area (Å²) in [6, 6.07) is 0. The summed E-state index contributed by atoms with van der Waals surface area (Å²) in [5.41, 5.74) is 1.62. The van der Waals surface area contributed by atoms with Gasteiger partial charge < -0.3 is 0 Å². The van der Waals surface area contributed by atoms with Crippen molar-refractivity contribution in [1.29, 1.82) is 0 Å². The molecule has 0 bridgehead atoms. The summed E-state index contributed by atoms with van der Waals surface area (Å²) in [5, 5.41) is 8.70. The number of nitrogens with zero attached hydrogens (tertiary/aromatic N) is 1. The fraction of sp³-hybridized carbons (Fsp3) is 0.900. The van der Waals surface area contributed by atoms with Crippen LogP contribution in [0.3, 0.4) is 0 Å². The van der Waals surface area contributed by atoms with Crippen molar-refractivity contribution in [2.45, 2.75) is 44.3 Å². The Morgan fingerprint density at radius 3 is 2.44 bits per heavy atom. The average molecular weight is 248 g/mol.